The fourth-order valence-corrected chi connectivity index (χ4v) is 3.50. The summed E-state index contributed by atoms with van der Waals surface area (Å²) in [7, 11) is 2.13. The molecule has 2 aliphatic heterocycles. The molecule has 1 aromatic carbocycles. The lowest BCUT2D eigenvalue weighted by molar-refractivity contribution is 0.0728. The summed E-state index contributed by atoms with van der Waals surface area (Å²) in [6.45, 7) is 5.27. The largest absolute Gasteiger partial charge is 0.354 e. The van der Waals surface area contributed by atoms with Crippen molar-refractivity contribution < 1.29 is 4.79 Å². The minimum absolute atomic E-state index is 0.00715. The van der Waals surface area contributed by atoms with Crippen LogP contribution in [0, 0.1) is 0 Å². The second kappa shape index (κ2) is 6.80. The Hall–Kier alpha value is -2.47. The van der Waals surface area contributed by atoms with Gasteiger partial charge < -0.3 is 14.7 Å². The number of carbonyl (C=O) groups is 1. The maximum absolute atomic E-state index is 12.9. The molecule has 1 fully saturated rings. The zero-order valence-electron chi connectivity index (χ0n) is 14.6. The molecule has 0 atom stereocenters. The second-order valence-corrected chi connectivity index (χ2v) is 6.80. The Morgan fingerprint density at radius 1 is 1.00 bits per heavy atom. The molecule has 25 heavy (non-hydrogen) atoms. The van der Waals surface area contributed by atoms with E-state index in [0.29, 0.717) is 12.2 Å². The molecule has 2 aromatic rings. The highest BCUT2D eigenvalue weighted by Crippen LogP contribution is 2.21. The zero-order chi connectivity index (χ0) is 17.2. The minimum Gasteiger partial charge on any atom is -0.354 e. The van der Waals surface area contributed by atoms with E-state index in [1.54, 1.807) is 0 Å². The van der Waals surface area contributed by atoms with Gasteiger partial charge in [0, 0.05) is 45.3 Å². The number of aromatic nitrogens is 2. The Labute approximate surface area is 148 Å². The molecule has 0 bridgehead atoms. The minimum atomic E-state index is -0.00715. The van der Waals surface area contributed by atoms with Crippen LogP contribution in [-0.4, -0.2) is 65.4 Å². The van der Waals surface area contributed by atoms with Crippen LogP contribution in [0.3, 0.4) is 0 Å². The summed E-state index contributed by atoms with van der Waals surface area (Å²) in [5.41, 5.74) is 3.06. The Morgan fingerprint density at radius 3 is 2.56 bits per heavy atom. The molecule has 6 heteroatoms. The first kappa shape index (κ1) is 16.0. The van der Waals surface area contributed by atoms with Gasteiger partial charge in [-0.25, -0.2) is 9.97 Å². The molecule has 1 saturated heterocycles. The first-order valence-electron chi connectivity index (χ1n) is 8.82. The van der Waals surface area contributed by atoms with Crippen molar-refractivity contribution in [3.8, 4) is 0 Å². The van der Waals surface area contributed by atoms with E-state index < -0.39 is 0 Å². The van der Waals surface area contributed by atoms with Gasteiger partial charge in [0.1, 0.15) is 17.8 Å². The third-order valence-electron chi connectivity index (χ3n) is 5.12. The smallest absolute Gasteiger partial charge is 0.272 e. The predicted octanol–water partition coefficient (Wildman–Crippen LogP) is 1.43. The molecule has 0 aliphatic carbocycles. The topological polar surface area (TPSA) is 52.6 Å². The standard InChI is InChI=1S/C19H23N5O/c1-22-8-10-23(11-9-22)18-12-17(20-14-21-18)19(25)24-7-6-15-4-2-3-5-16(15)13-24/h2-5,12,14H,6-11,13H2,1H3. The summed E-state index contributed by atoms with van der Waals surface area (Å²) in [6, 6.07) is 10.2. The van der Waals surface area contributed by atoms with E-state index in [9.17, 15) is 4.79 Å². The summed E-state index contributed by atoms with van der Waals surface area (Å²) in [6.07, 6.45) is 2.41. The number of piperazine rings is 1. The third-order valence-corrected chi connectivity index (χ3v) is 5.12. The molecule has 1 aromatic heterocycles. The van der Waals surface area contributed by atoms with Crippen LogP contribution in [0.1, 0.15) is 21.6 Å². The molecule has 0 N–H and O–H groups in total. The number of hydrogen-bond acceptors (Lipinski definition) is 5. The zero-order valence-corrected chi connectivity index (χ0v) is 14.6. The van der Waals surface area contributed by atoms with Gasteiger partial charge in [-0.15, -0.1) is 0 Å². The Bertz CT molecular complexity index is 770. The van der Waals surface area contributed by atoms with Gasteiger partial charge in [-0.1, -0.05) is 24.3 Å². The Morgan fingerprint density at radius 2 is 1.76 bits per heavy atom. The van der Waals surface area contributed by atoms with Gasteiger partial charge in [0.25, 0.3) is 5.91 Å². The summed E-state index contributed by atoms with van der Waals surface area (Å²) in [5, 5.41) is 0. The number of anilines is 1. The highest BCUT2D eigenvalue weighted by atomic mass is 16.2. The summed E-state index contributed by atoms with van der Waals surface area (Å²) in [5.74, 6) is 0.844. The summed E-state index contributed by atoms with van der Waals surface area (Å²) >= 11 is 0. The SMILES string of the molecule is CN1CCN(c2cc(C(=O)N3CCc4ccccc4C3)ncn2)CC1. The number of benzene rings is 1. The molecule has 0 saturated carbocycles. The van der Waals surface area contributed by atoms with Crippen LogP contribution in [0.15, 0.2) is 36.7 Å². The number of rotatable bonds is 2. The van der Waals surface area contributed by atoms with Crippen LogP contribution < -0.4 is 4.90 Å². The van der Waals surface area contributed by atoms with Crippen LogP contribution in [-0.2, 0) is 13.0 Å². The first-order chi connectivity index (χ1) is 12.2. The fraction of sp³-hybridized carbons (Fsp3) is 0.421. The Kier molecular flexibility index (Phi) is 4.36. The van der Waals surface area contributed by atoms with Crippen molar-refractivity contribution in [1.29, 1.82) is 0 Å². The van der Waals surface area contributed by atoms with Crippen molar-refractivity contribution in [2.45, 2.75) is 13.0 Å². The van der Waals surface area contributed by atoms with E-state index >= 15 is 0 Å². The van der Waals surface area contributed by atoms with E-state index in [0.717, 1.165) is 45.0 Å². The molecule has 6 nitrogen and oxygen atoms in total. The average molecular weight is 337 g/mol. The van der Waals surface area contributed by atoms with Crippen molar-refractivity contribution in [3.05, 3.63) is 53.5 Å². The molecule has 4 rings (SSSR count). The first-order valence-corrected chi connectivity index (χ1v) is 8.82. The number of carbonyl (C=O) groups excluding carboxylic acids is 1. The predicted molar refractivity (Wildman–Crippen MR) is 96.6 cm³/mol. The molecule has 3 heterocycles. The van der Waals surface area contributed by atoms with Gasteiger partial charge in [-0.2, -0.15) is 0 Å². The van der Waals surface area contributed by atoms with E-state index in [-0.39, 0.29) is 5.91 Å². The van der Waals surface area contributed by atoms with Gasteiger partial charge in [0.05, 0.1) is 0 Å². The molecule has 130 valence electrons. The third kappa shape index (κ3) is 3.35. The van der Waals surface area contributed by atoms with Gasteiger partial charge in [0.2, 0.25) is 0 Å². The van der Waals surface area contributed by atoms with Crippen molar-refractivity contribution in [2.75, 3.05) is 44.7 Å². The highest BCUT2D eigenvalue weighted by Gasteiger charge is 2.24. The number of amides is 1. The van der Waals surface area contributed by atoms with Crippen LogP contribution in [0.2, 0.25) is 0 Å². The molecule has 0 radical (unpaired) electrons. The van der Waals surface area contributed by atoms with Gasteiger partial charge >= 0.3 is 0 Å². The van der Waals surface area contributed by atoms with Gasteiger partial charge in [-0.05, 0) is 24.6 Å². The van der Waals surface area contributed by atoms with E-state index in [4.69, 9.17) is 0 Å². The van der Waals surface area contributed by atoms with E-state index in [1.807, 2.05) is 17.0 Å². The fourth-order valence-electron chi connectivity index (χ4n) is 3.50. The molecule has 1 amide bonds. The monoisotopic (exact) mass is 337 g/mol. The van der Waals surface area contributed by atoms with Crippen LogP contribution in [0.25, 0.3) is 0 Å². The van der Waals surface area contributed by atoms with Crippen molar-refractivity contribution >= 4 is 11.7 Å². The second-order valence-electron chi connectivity index (χ2n) is 6.80. The summed E-state index contributed by atoms with van der Waals surface area (Å²) in [4.78, 5) is 27.9. The molecular formula is C19H23N5O. The lowest BCUT2D eigenvalue weighted by atomic mass is 10.00. The summed E-state index contributed by atoms with van der Waals surface area (Å²) < 4.78 is 0. The Balaban J connectivity index is 1.50. The van der Waals surface area contributed by atoms with Gasteiger partial charge in [0.15, 0.2) is 0 Å². The number of fused-ring (bicyclic) bond motifs is 1. The maximum atomic E-state index is 12.9. The normalized spacial score (nSPS) is 18.1. The van der Waals surface area contributed by atoms with Crippen molar-refractivity contribution in [2.24, 2.45) is 0 Å². The van der Waals surface area contributed by atoms with E-state index in [1.165, 1.54) is 17.5 Å². The van der Waals surface area contributed by atoms with Gasteiger partial charge in [-0.3, -0.25) is 4.79 Å². The molecule has 0 spiro atoms. The molecule has 0 unspecified atom stereocenters. The van der Waals surface area contributed by atoms with Crippen LogP contribution in [0.4, 0.5) is 5.82 Å². The molecule has 2 aliphatic rings. The lowest BCUT2D eigenvalue weighted by Gasteiger charge is -2.33. The molecular weight excluding hydrogens is 314 g/mol. The number of hydrogen-bond donors (Lipinski definition) is 0. The highest BCUT2D eigenvalue weighted by molar-refractivity contribution is 5.93. The van der Waals surface area contributed by atoms with E-state index in [2.05, 4.69) is 45.0 Å². The number of likely N-dealkylation sites (N-methyl/N-ethyl adjacent to an activating group) is 1. The van der Waals surface area contributed by atoms with Crippen molar-refractivity contribution in [1.82, 2.24) is 19.8 Å². The lowest BCUT2D eigenvalue weighted by Crippen LogP contribution is -2.45. The van der Waals surface area contributed by atoms with Crippen LogP contribution in [0.5, 0.6) is 0 Å². The van der Waals surface area contributed by atoms with Crippen LogP contribution >= 0.6 is 0 Å². The quantitative estimate of drug-likeness (QED) is 0.830. The number of nitrogens with zero attached hydrogens (tertiary/aromatic N) is 5. The average Bonchev–Trinajstić information content (AvgIpc) is 2.68. The van der Waals surface area contributed by atoms with Crippen molar-refractivity contribution in [3.63, 3.8) is 0 Å². The maximum Gasteiger partial charge on any atom is 0.272 e.